The molecule has 2 amide bonds. The molecular formula is C27H25F2N3O3S. The fourth-order valence-corrected chi connectivity index (χ4v) is 7.08. The molecular weight excluding hydrogens is 484 g/mol. The smallest absolute Gasteiger partial charge is 0.249 e. The highest BCUT2D eigenvalue weighted by molar-refractivity contribution is 7.19. The third-order valence-corrected chi connectivity index (χ3v) is 9.12. The van der Waals surface area contributed by atoms with Crippen LogP contribution in [0.5, 0.6) is 0 Å². The lowest BCUT2D eigenvalue weighted by molar-refractivity contribution is -0.143. The van der Waals surface area contributed by atoms with Gasteiger partial charge in [-0.05, 0) is 43.0 Å². The number of aryl methyl sites for hydroxylation is 2. The van der Waals surface area contributed by atoms with Crippen LogP contribution in [0.25, 0.3) is 21.5 Å². The van der Waals surface area contributed by atoms with E-state index in [0.717, 1.165) is 15.3 Å². The molecule has 2 unspecified atom stereocenters. The Kier molecular flexibility index (Phi) is 4.84. The molecule has 3 fully saturated rings. The second-order valence-electron chi connectivity index (χ2n) is 11.0. The molecule has 4 heterocycles. The van der Waals surface area contributed by atoms with E-state index < -0.39 is 24.7 Å². The molecule has 1 aliphatic heterocycles. The first-order valence-corrected chi connectivity index (χ1v) is 12.8. The largest absolute Gasteiger partial charge is 0.294 e. The van der Waals surface area contributed by atoms with E-state index in [9.17, 15) is 23.2 Å². The fourth-order valence-electron chi connectivity index (χ4n) is 5.96. The number of amides is 2. The molecule has 9 heteroatoms. The number of pyridine rings is 2. The van der Waals surface area contributed by atoms with Gasteiger partial charge in [0.2, 0.25) is 17.7 Å². The van der Waals surface area contributed by atoms with Crippen LogP contribution in [0, 0.1) is 37.0 Å². The molecule has 6 rings (SSSR count). The number of piperidine rings is 1. The van der Waals surface area contributed by atoms with Crippen molar-refractivity contribution in [3.05, 3.63) is 46.1 Å². The maximum atomic E-state index is 13.5. The number of halogens is 2. The summed E-state index contributed by atoms with van der Waals surface area (Å²) in [6.07, 6.45) is 0.748. The van der Waals surface area contributed by atoms with Crippen molar-refractivity contribution in [2.24, 2.45) is 23.2 Å². The molecule has 0 aromatic carbocycles. The zero-order valence-electron chi connectivity index (χ0n) is 20.4. The number of hydrogen-bond acceptors (Lipinski definition) is 6. The molecule has 6 nitrogen and oxygen atoms in total. The van der Waals surface area contributed by atoms with E-state index in [1.54, 1.807) is 25.3 Å². The van der Waals surface area contributed by atoms with Gasteiger partial charge in [0.1, 0.15) is 0 Å². The van der Waals surface area contributed by atoms with Crippen molar-refractivity contribution in [1.82, 2.24) is 14.9 Å². The van der Waals surface area contributed by atoms with Gasteiger partial charge in [0.25, 0.3) is 0 Å². The molecule has 3 aromatic rings. The molecule has 3 aliphatic rings. The van der Waals surface area contributed by atoms with Crippen LogP contribution in [0.2, 0.25) is 0 Å². The van der Waals surface area contributed by atoms with Crippen LogP contribution in [-0.4, -0.2) is 38.4 Å². The monoisotopic (exact) mass is 509 g/mol. The summed E-state index contributed by atoms with van der Waals surface area (Å²) in [5.74, 6) is -4.54. The predicted octanol–water partition coefficient (Wildman–Crippen LogP) is 5.34. The number of imide groups is 1. The Hall–Kier alpha value is -3.07. The summed E-state index contributed by atoms with van der Waals surface area (Å²) in [4.78, 5) is 50.2. The second-order valence-corrected chi connectivity index (χ2v) is 12.1. The van der Waals surface area contributed by atoms with Gasteiger partial charge in [0.15, 0.2) is 5.78 Å². The molecule has 2 aliphatic carbocycles. The average Bonchev–Trinajstić information content (AvgIpc) is 3.02. The summed E-state index contributed by atoms with van der Waals surface area (Å²) in [6, 6.07) is 5.43. The van der Waals surface area contributed by atoms with E-state index in [0.29, 0.717) is 27.9 Å². The summed E-state index contributed by atoms with van der Waals surface area (Å²) >= 11 is 1.41. The van der Waals surface area contributed by atoms with Crippen molar-refractivity contribution >= 4 is 39.2 Å². The standard InChI is InChI=1S/C27H25F2N3O3S/c1-12-7-13(2)31-21(18(12)22(33)14-9-27(28,29)10-14)16-5-6-30-17-8-15(36-23(16)17)11-32-24(34)19-20(25(32)35)26(19,3)4/h5-8,14,19-20H,9-11H2,1-4H3. The van der Waals surface area contributed by atoms with Crippen molar-refractivity contribution in [2.45, 2.75) is 53.0 Å². The molecule has 1 saturated heterocycles. The molecule has 3 aromatic heterocycles. The lowest BCUT2D eigenvalue weighted by Crippen LogP contribution is -2.40. The number of alkyl halides is 2. The number of ketones is 1. The van der Waals surface area contributed by atoms with Gasteiger partial charge in [-0.3, -0.25) is 29.3 Å². The van der Waals surface area contributed by atoms with E-state index >= 15 is 0 Å². The van der Waals surface area contributed by atoms with Crippen molar-refractivity contribution in [2.75, 3.05) is 0 Å². The third kappa shape index (κ3) is 3.35. The van der Waals surface area contributed by atoms with E-state index in [2.05, 4.69) is 9.97 Å². The average molecular weight is 510 g/mol. The minimum Gasteiger partial charge on any atom is -0.294 e. The normalized spacial score (nSPS) is 24.2. The van der Waals surface area contributed by atoms with Crippen LogP contribution in [0.3, 0.4) is 0 Å². The summed E-state index contributed by atoms with van der Waals surface area (Å²) in [7, 11) is 0. The van der Waals surface area contributed by atoms with Crippen molar-refractivity contribution in [3.8, 4) is 11.3 Å². The second kappa shape index (κ2) is 7.47. The third-order valence-electron chi connectivity index (χ3n) is 7.98. The highest BCUT2D eigenvalue weighted by atomic mass is 32.1. The summed E-state index contributed by atoms with van der Waals surface area (Å²) in [5, 5.41) is 0. The van der Waals surface area contributed by atoms with Gasteiger partial charge in [-0.1, -0.05) is 13.8 Å². The number of likely N-dealkylation sites (tertiary alicyclic amines) is 1. The minimum absolute atomic E-state index is 0.123. The van der Waals surface area contributed by atoms with Crippen LogP contribution < -0.4 is 0 Å². The van der Waals surface area contributed by atoms with Crippen LogP contribution in [-0.2, 0) is 16.1 Å². The number of Topliss-reactive ketones (excluding diaryl/α,β-unsaturated/α-hetero) is 1. The number of hydrogen-bond donors (Lipinski definition) is 0. The highest BCUT2D eigenvalue weighted by Crippen LogP contribution is 2.63. The van der Waals surface area contributed by atoms with E-state index in [1.807, 2.05) is 26.8 Å². The Labute approximate surface area is 210 Å². The van der Waals surface area contributed by atoms with Gasteiger partial charge in [-0.2, -0.15) is 0 Å². The van der Waals surface area contributed by atoms with Crippen LogP contribution in [0.1, 0.15) is 53.2 Å². The minimum atomic E-state index is -2.79. The quantitative estimate of drug-likeness (QED) is 0.342. The predicted molar refractivity (Wildman–Crippen MR) is 131 cm³/mol. The summed E-state index contributed by atoms with van der Waals surface area (Å²) in [6.45, 7) is 7.72. The van der Waals surface area contributed by atoms with Crippen LogP contribution >= 0.6 is 11.3 Å². The highest BCUT2D eigenvalue weighted by Gasteiger charge is 2.72. The van der Waals surface area contributed by atoms with E-state index in [4.69, 9.17) is 0 Å². The summed E-state index contributed by atoms with van der Waals surface area (Å²) in [5.41, 5.74) is 3.36. The van der Waals surface area contributed by atoms with Gasteiger partial charge < -0.3 is 0 Å². The first-order chi connectivity index (χ1) is 16.9. The maximum absolute atomic E-state index is 13.5. The maximum Gasteiger partial charge on any atom is 0.249 e. The van der Waals surface area contributed by atoms with Gasteiger partial charge in [0.05, 0.1) is 34.3 Å². The lowest BCUT2D eigenvalue weighted by Gasteiger charge is -2.34. The molecule has 0 bridgehead atoms. The lowest BCUT2D eigenvalue weighted by atomic mass is 9.75. The number of nitrogens with zero attached hydrogens (tertiary/aromatic N) is 3. The van der Waals surface area contributed by atoms with Crippen molar-refractivity contribution in [3.63, 3.8) is 0 Å². The summed E-state index contributed by atoms with van der Waals surface area (Å²) < 4.78 is 27.8. The molecule has 36 heavy (non-hydrogen) atoms. The molecule has 186 valence electrons. The Balaban J connectivity index is 1.38. The number of fused-ring (bicyclic) bond motifs is 2. The van der Waals surface area contributed by atoms with Crippen LogP contribution in [0.15, 0.2) is 24.4 Å². The number of thiophene rings is 1. The Morgan fingerprint density at radius 2 is 1.81 bits per heavy atom. The van der Waals surface area contributed by atoms with Crippen molar-refractivity contribution < 1.29 is 23.2 Å². The van der Waals surface area contributed by atoms with Gasteiger partial charge >= 0.3 is 0 Å². The first-order valence-electron chi connectivity index (χ1n) is 12.0. The van der Waals surface area contributed by atoms with Crippen LogP contribution in [0.4, 0.5) is 8.78 Å². The number of rotatable bonds is 5. The Bertz CT molecular complexity index is 1460. The van der Waals surface area contributed by atoms with Crippen molar-refractivity contribution in [1.29, 1.82) is 0 Å². The molecule has 2 atom stereocenters. The van der Waals surface area contributed by atoms with Gasteiger partial charge in [0, 0.05) is 46.7 Å². The van der Waals surface area contributed by atoms with E-state index in [-0.39, 0.29) is 41.4 Å². The topological polar surface area (TPSA) is 80.2 Å². The number of carbonyl (C=O) groups is 3. The zero-order valence-corrected chi connectivity index (χ0v) is 21.2. The fraction of sp³-hybridized carbons (Fsp3) is 0.444. The Morgan fingerprint density at radius 3 is 2.44 bits per heavy atom. The molecule has 0 radical (unpaired) electrons. The molecule has 2 saturated carbocycles. The molecule has 0 spiro atoms. The first kappa shape index (κ1) is 23.3. The van der Waals surface area contributed by atoms with Gasteiger partial charge in [-0.25, -0.2) is 8.78 Å². The molecule has 0 N–H and O–H groups in total. The SMILES string of the molecule is Cc1cc(C)c(C(=O)C2CC(F)(F)C2)c(-c2ccnc3cc(CN4C(=O)C5C(C4=O)C5(C)C)sc23)n1. The zero-order chi connectivity index (χ0) is 25.7. The number of carbonyl (C=O) groups excluding carboxylic acids is 3. The number of aromatic nitrogens is 2. The van der Waals surface area contributed by atoms with E-state index in [1.165, 1.54) is 16.2 Å². The van der Waals surface area contributed by atoms with Gasteiger partial charge in [-0.15, -0.1) is 11.3 Å². The Morgan fingerprint density at radius 1 is 1.14 bits per heavy atom.